The van der Waals surface area contributed by atoms with Crippen LogP contribution in [0.3, 0.4) is 0 Å². The number of carbonyl (C=O) groups excluding carboxylic acids is 1. The predicted octanol–water partition coefficient (Wildman–Crippen LogP) is -0.448. The van der Waals surface area contributed by atoms with Gasteiger partial charge in [0.1, 0.15) is 6.04 Å². The summed E-state index contributed by atoms with van der Waals surface area (Å²) in [6.07, 6.45) is 0. The van der Waals surface area contributed by atoms with Crippen LogP contribution in [0, 0.1) is 5.92 Å². The number of ether oxygens (including phenoxy) is 1. The standard InChI is InChI=1S/C12H22N2O6S/c1-9(2)7-21(18,19)8-10(11(15)16)13-12(17)14-3-5-20-6-4-14/h9-10H,3-8H2,1-2H3,(H,13,17)(H,15,16)/t10-/m0/s1. The van der Waals surface area contributed by atoms with Gasteiger partial charge in [-0.25, -0.2) is 18.0 Å². The van der Waals surface area contributed by atoms with Crippen LogP contribution in [-0.2, 0) is 19.4 Å². The molecule has 9 heteroatoms. The van der Waals surface area contributed by atoms with Gasteiger partial charge in [-0.2, -0.15) is 0 Å². The third kappa shape index (κ3) is 6.30. The zero-order valence-electron chi connectivity index (χ0n) is 12.2. The van der Waals surface area contributed by atoms with Gasteiger partial charge in [-0.3, -0.25) is 0 Å². The maximum absolute atomic E-state index is 11.9. The van der Waals surface area contributed by atoms with Crippen molar-refractivity contribution in [3.8, 4) is 0 Å². The van der Waals surface area contributed by atoms with Crippen LogP contribution < -0.4 is 5.32 Å². The Morgan fingerprint density at radius 1 is 1.24 bits per heavy atom. The van der Waals surface area contributed by atoms with Crippen molar-refractivity contribution in [2.45, 2.75) is 19.9 Å². The highest BCUT2D eigenvalue weighted by Crippen LogP contribution is 2.05. The Balaban J connectivity index is 2.65. The van der Waals surface area contributed by atoms with Crippen LogP contribution in [0.25, 0.3) is 0 Å². The second-order valence-corrected chi connectivity index (χ2v) is 7.56. The van der Waals surface area contributed by atoms with Crippen molar-refractivity contribution in [2.24, 2.45) is 5.92 Å². The maximum Gasteiger partial charge on any atom is 0.327 e. The van der Waals surface area contributed by atoms with Crippen LogP contribution in [0.2, 0.25) is 0 Å². The van der Waals surface area contributed by atoms with Crippen molar-refractivity contribution in [3.63, 3.8) is 0 Å². The number of hydrogen-bond donors (Lipinski definition) is 2. The Labute approximate surface area is 124 Å². The fourth-order valence-corrected chi connectivity index (χ4v) is 3.90. The van der Waals surface area contributed by atoms with Crippen molar-refractivity contribution in [3.05, 3.63) is 0 Å². The highest BCUT2D eigenvalue weighted by molar-refractivity contribution is 7.91. The number of carboxylic acids is 1. The first-order chi connectivity index (χ1) is 9.71. The van der Waals surface area contributed by atoms with Gasteiger partial charge in [-0.1, -0.05) is 13.8 Å². The van der Waals surface area contributed by atoms with Gasteiger partial charge >= 0.3 is 12.0 Å². The number of nitrogens with one attached hydrogen (secondary N) is 1. The summed E-state index contributed by atoms with van der Waals surface area (Å²) >= 11 is 0. The molecular weight excluding hydrogens is 300 g/mol. The molecule has 0 spiro atoms. The molecule has 1 aliphatic heterocycles. The quantitative estimate of drug-likeness (QED) is 0.685. The smallest absolute Gasteiger partial charge is 0.327 e. The van der Waals surface area contributed by atoms with Gasteiger partial charge in [0.25, 0.3) is 0 Å². The molecule has 21 heavy (non-hydrogen) atoms. The lowest BCUT2D eigenvalue weighted by atomic mass is 10.3. The minimum absolute atomic E-state index is 0.0978. The molecule has 0 aromatic carbocycles. The summed E-state index contributed by atoms with van der Waals surface area (Å²) in [4.78, 5) is 24.5. The Bertz CT molecular complexity index is 470. The summed E-state index contributed by atoms with van der Waals surface area (Å²) in [7, 11) is -3.54. The largest absolute Gasteiger partial charge is 0.480 e. The molecule has 1 atom stereocenters. The van der Waals surface area contributed by atoms with Crippen LogP contribution in [0.4, 0.5) is 4.79 Å². The summed E-state index contributed by atoms with van der Waals surface area (Å²) in [6, 6.07) is -2.02. The van der Waals surface area contributed by atoms with E-state index in [-0.39, 0.29) is 11.7 Å². The van der Waals surface area contributed by atoms with Crippen molar-refractivity contribution < 1.29 is 27.9 Å². The average molecular weight is 322 g/mol. The zero-order chi connectivity index (χ0) is 16.0. The van der Waals surface area contributed by atoms with Crippen molar-refractivity contribution in [2.75, 3.05) is 37.8 Å². The van der Waals surface area contributed by atoms with E-state index < -0.39 is 33.6 Å². The minimum Gasteiger partial charge on any atom is -0.480 e. The van der Waals surface area contributed by atoms with E-state index in [2.05, 4.69) is 5.32 Å². The topological polar surface area (TPSA) is 113 Å². The molecule has 1 heterocycles. The van der Waals surface area contributed by atoms with E-state index in [9.17, 15) is 18.0 Å². The van der Waals surface area contributed by atoms with Gasteiger partial charge in [0.2, 0.25) is 0 Å². The van der Waals surface area contributed by atoms with Crippen molar-refractivity contribution in [1.82, 2.24) is 10.2 Å². The molecule has 1 fully saturated rings. The minimum atomic E-state index is -3.54. The Kier molecular flexibility index (Phi) is 6.41. The average Bonchev–Trinajstić information content (AvgIpc) is 2.36. The van der Waals surface area contributed by atoms with Gasteiger partial charge in [-0.05, 0) is 5.92 Å². The summed E-state index contributed by atoms with van der Waals surface area (Å²) in [5.41, 5.74) is 0. The molecule has 0 aliphatic carbocycles. The molecule has 1 aliphatic rings. The number of rotatable bonds is 6. The Morgan fingerprint density at radius 2 is 1.81 bits per heavy atom. The Morgan fingerprint density at radius 3 is 2.29 bits per heavy atom. The number of amides is 2. The fraction of sp³-hybridized carbons (Fsp3) is 0.833. The molecule has 2 amide bonds. The lowest BCUT2D eigenvalue weighted by molar-refractivity contribution is -0.138. The van der Waals surface area contributed by atoms with E-state index in [1.165, 1.54) is 4.90 Å². The molecule has 122 valence electrons. The molecule has 0 aromatic rings. The number of sulfone groups is 1. The van der Waals surface area contributed by atoms with Crippen LogP contribution in [0.15, 0.2) is 0 Å². The lowest BCUT2D eigenvalue weighted by Crippen LogP contribution is -2.53. The second-order valence-electron chi connectivity index (χ2n) is 5.41. The molecule has 0 bridgehead atoms. The van der Waals surface area contributed by atoms with Gasteiger partial charge < -0.3 is 20.1 Å². The Hall–Kier alpha value is -1.35. The highest BCUT2D eigenvalue weighted by atomic mass is 32.2. The van der Waals surface area contributed by atoms with E-state index in [1.807, 2.05) is 0 Å². The number of carbonyl (C=O) groups is 2. The number of hydrogen-bond acceptors (Lipinski definition) is 5. The third-order valence-corrected chi connectivity index (χ3v) is 4.92. The van der Waals surface area contributed by atoms with Crippen LogP contribution in [0.1, 0.15) is 13.8 Å². The normalized spacial score (nSPS) is 17.6. The summed E-state index contributed by atoms with van der Waals surface area (Å²) in [5.74, 6) is -2.16. The fourth-order valence-electron chi connectivity index (χ4n) is 2.01. The first kappa shape index (κ1) is 17.7. The van der Waals surface area contributed by atoms with Crippen molar-refractivity contribution in [1.29, 1.82) is 0 Å². The number of morpholine rings is 1. The molecule has 0 aromatic heterocycles. The number of nitrogens with zero attached hydrogens (tertiary/aromatic N) is 1. The molecule has 0 saturated carbocycles. The molecule has 0 radical (unpaired) electrons. The molecule has 1 rings (SSSR count). The van der Waals surface area contributed by atoms with E-state index in [1.54, 1.807) is 13.8 Å². The molecule has 2 N–H and O–H groups in total. The van der Waals surface area contributed by atoms with E-state index >= 15 is 0 Å². The third-order valence-electron chi connectivity index (χ3n) is 2.90. The van der Waals surface area contributed by atoms with E-state index in [0.717, 1.165) is 0 Å². The number of aliphatic carboxylic acids is 1. The van der Waals surface area contributed by atoms with E-state index in [4.69, 9.17) is 9.84 Å². The van der Waals surface area contributed by atoms with Gasteiger partial charge in [-0.15, -0.1) is 0 Å². The SMILES string of the molecule is CC(C)CS(=O)(=O)C[C@H](NC(=O)N1CCOCC1)C(=O)O. The summed E-state index contributed by atoms with van der Waals surface area (Å²) in [6.45, 7) is 4.96. The molecular formula is C12H22N2O6S. The van der Waals surface area contributed by atoms with Gasteiger partial charge in [0, 0.05) is 13.1 Å². The number of urea groups is 1. The molecule has 0 unspecified atom stereocenters. The first-order valence-electron chi connectivity index (χ1n) is 6.77. The van der Waals surface area contributed by atoms with Gasteiger partial charge in [0.05, 0.1) is 24.7 Å². The second kappa shape index (κ2) is 7.60. The zero-order valence-corrected chi connectivity index (χ0v) is 13.1. The van der Waals surface area contributed by atoms with E-state index in [0.29, 0.717) is 26.3 Å². The van der Waals surface area contributed by atoms with Gasteiger partial charge in [0.15, 0.2) is 9.84 Å². The summed E-state index contributed by atoms with van der Waals surface area (Å²) < 4.78 is 28.8. The monoisotopic (exact) mass is 322 g/mol. The predicted molar refractivity (Wildman–Crippen MR) is 75.8 cm³/mol. The lowest BCUT2D eigenvalue weighted by Gasteiger charge is -2.28. The molecule has 1 saturated heterocycles. The number of carboxylic acid groups (broad SMARTS) is 1. The van der Waals surface area contributed by atoms with Crippen LogP contribution >= 0.6 is 0 Å². The van der Waals surface area contributed by atoms with Crippen LogP contribution in [0.5, 0.6) is 0 Å². The van der Waals surface area contributed by atoms with Crippen LogP contribution in [-0.4, -0.2) is 74.3 Å². The molecule has 8 nitrogen and oxygen atoms in total. The highest BCUT2D eigenvalue weighted by Gasteiger charge is 2.29. The maximum atomic E-state index is 11.9. The van der Waals surface area contributed by atoms with Crippen molar-refractivity contribution >= 4 is 21.8 Å². The first-order valence-corrected chi connectivity index (χ1v) is 8.60. The summed E-state index contributed by atoms with van der Waals surface area (Å²) in [5, 5.41) is 11.4.